The Balaban J connectivity index is 1.69. The number of likely N-dealkylation sites (tertiary alicyclic amines) is 1. The highest BCUT2D eigenvalue weighted by Gasteiger charge is 2.43. The van der Waals surface area contributed by atoms with Crippen molar-refractivity contribution < 1.29 is 13.6 Å². The molecule has 0 spiro atoms. The standard InChI is InChI=1S/C22H28F2N4O/c1-26-10-12-27(13-11-26)21-15-22(24,14-17(16-29)25-21)28-9-5-4-8-20(28)18-6-2-3-7-19(18)23/h2-3,6-7,14-16,20,25H,4-5,8-13H2,1H3. The van der Waals surface area contributed by atoms with Crippen LogP contribution in [0.4, 0.5) is 8.78 Å². The Labute approximate surface area is 170 Å². The molecule has 5 nitrogen and oxygen atoms in total. The fraction of sp³-hybridized carbons (Fsp3) is 0.500. The summed E-state index contributed by atoms with van der Waals surface area (Å²) in [4.78, 5) is 17.6. The molecular weight excluding hydrogens is 374 g/mol. The number of piperidine rings is 1. The van der Waals surface area contributed by atoms with Crippen LogP contribution >= 0.6 is 0 Å². The van der Waals surface area contributed by atoms with Crippen molar-refractivity contribution in [1.29, 1.82) is 0 Å². The molecule has 2 atom stereocenters. The van der Waals surface area contributed by atoms with Gasteiger partial charge in [0.2, 0.25) is 5.79 Å². The molecule has 4 rings (SSSR count). The topological polar surface area (TPSA) is 38.8 Å². The monoisotopic (exact) mass is 402 g/mol. The third-order valence-electron chi connectivity index (χ3n) is 6.15. The number of hydrogen-bond donors (Lipinski definition) is 1. The van der Waals surface area contributed by atoms with Crippen LogP contribution in [-0.2, 0) is 4.79 Å². The van der Waals surface area contributed by atoms with E-state index in [1.807, 2.05) is 0 Å². The Bertz CT molecular complexity index is 819. The van der Waals surface area contributed by atoms with Crippen molar-refractivity contribution in [3.05, 3.63) is 59.3 Å². The molecule has 2 fully saturated rings. The number of alkyl halides is 1. The van der Waals surface area contributed by atoms with Gasteiger partial charge in [0.1, 0.15) is 11.6 Å². The predicted octanol–water partition coefficient (Wildman–Crippen LogP) is 2.79. The normalized spacial score (nSPS) is 29.1. The summed E-state index contributed by atoms with van der Waals surface area (Å²) in [5.74, 6) is -1.65. The van der Waals surface area contributed by atoms with Crippen LogP contribution in [-0.4, -0.2) is 66.6 Å². The lowest BCUT2D eigenvalue weighted by Crippen LogP contribution is -2.53. The summed E-state index contributed by atoms with van der Waals surface area (Å²) in [6, 6.07) is 6.22. The van der Waals surface area contributed by atoms with E-state index < -0.39 is 5.79 Å². The minimum Gasteiger partial charge on any atom is -0.356 e. The number of benzene rings is 1. The van der Waals surface area contributed by atoms with Crippen LogP contribution in [0.15, 0.2) is 47.9 Å². The summed E-state index contributed by atoms with van der Waals surface area (Å²) in [6.07, 6.45) is 5.99. The number of nitrogens with one attached hydrogen (secondary N) is 1. The Kier molecular flexibility index (Phi) is 5.69. The third kappa shape index (κ3) is 4.07. The summed E-state index contributed by atoms with van der Waals surface area (Å²) < 4.78 is 31.0. The van der Waals surface area contributed by atoms with E-state index >= 15 is 4.39 Å². The Morgan fingerprint density at radius 3 is 2.59 bits per heavy atom. The van der Waals surface area contributed by atoms with E-state index in [9.17, 15) is 9.18 Å². The molecule has 29 heavy (non-hydrogen) atoms. The number of dihydropyridines is 1. The lowest BCUT2D eigenvalue weighted by Gasteiger charge is -2.45. The average Bonchev–Trinajstić information content (AvgIpc) is 2.74. The second kappa shape index (κ2) is 8.24. The number of rotatable bonds is 4. The highest BCUT2D eigenvalue weighted by molar-refractivity contribution is 5.74. The van der Waals surface area contributed by atoms with Crippen LogP contribution in [0.2, 0.25) is 0 Å². The number of aldehydes is 1. The van der Waals surface area contributed by atoms with Gasteiger partial charge in [-0.15, -0.1) is 0 Å². The van der Waals surface area contributed by atoms with Crippen LogP contribution in [0, 0.1) is 5.82 Å². The predicted molar refractivity (Wildman–Crippen MR) is 108 cm³/mol. The van der Waals surface area contributed by atoms with Gasteiger partial charge in [-0.2, -0.15) is 0 Å². The zero-order valence-electron chi connectivity index (χ0n) is 16.8. The summed E-state index contributed by atoms with van der Waals surface area (Å²) >= 11 is 0. The minimum atomic E-state index is -1.95. The van der Waals surface area contributed by atoms with Crippen molar-refractivity contribution in [3.63, 3.8) is 0 Å². The number of piperazine rings is 1. The quantitative estimate of drug-likeness (QED) is 0.619. The molecule has 0 radical (unpaired) electrons. The molecule has 1 aromatic carbocycles. The molecule has 2 unspecified atom stereocenters. The van der Waals surface area contributed by atoms with Crippen molar-refractivity contribution >= 4 is 6.29 Å². The number of likely N-dealkylation sites (N-methyl/N-ethyl adjacent to an activating group) is 1. The van der Waals surface area contributed by atoms with E-state index in [4.69, 9.17) is 0 Å². The molecule has 0 aromatic heterocycles. The summed E-state index contributed by atoms with van der Waals surface area (Å²) in [5, 5.41) is 3.07. The van der Waals surface area contributed by atoms with E-state index in [1.54, 1.807) is 29.2 Å². The second-order valence-electron chi connectivity index (χ2n) is 8.12. The molecule has 7 heteroatoms. The summed E-state index contributed by atoms with van der Waals surface area (Å²) in [6.45, 7) is 3.77. The molecule has 2 saturated heterocycles. The molecule has 1 aromatic rings. The van der Waals surface area contributed by atoms with Gasteiger partial charge in [0, 0.05) is 50.4 Å². The van der Waals surface area contributed by atoms with Gasteiger partial charge in [-0.25, -0.2) is 8.78 Å². The van der Waals surface area contributed by atoms with Crippen molar-refractivity contribution in [2.45, 2.75) is 31.1 Å². The maximum atomic E-state index is 16.5. The van der Waals surface area contributed by atoms with Crippen molar-refractivity contribution in [2.75, 3.05) is 39.8 Å². The number of carbonyl (C=O) groups is 1. The maximum Gasteiger partial charge on any atom is 0.208 e. The van der Waals surface area contributed by atoms with E-state index in [2.05, 4.69) is 22.2 Å². The summed E-state index contributed by atoms with van der Waals surface area (Å²) in [5.41, 5.74) is 0.722. The number of nitrogens with zero attached hydrogens (tertiary/aromatic N) is 3. The Morgan fingerprint density at radius 1 is 1.10 bits per heavy atom. The second-order valence-corrected chi connectivity index (χ2v) is 8.12. The lowest BCUT2D eigenvalue weighted by atomic mass is 9.91. The molecule has 3 heterocycles. The number of hydrogen-bond acceptors (Lipinski definition) is 5. The first-order valence-electron chi connectivity index (χ1n) is 10.3. The molecule has 3 aliphatic heterocycles. The van der Waals surface area contributed by atoms with Crippen molar-refractivity contribution in [2.24, 2.45) is 0 Å². The molecule has 0 amide bonds. The molecular formula is C22H28F2N4O. The largest absolute Gasteiger partial charge is 0.356 e. The van der Waals surface area contributed by atoms with Crippen LogP contribution in [0.25, 0.3) is 0 Å². The Morgan fingerprint density at radius 2 is 1.86 bits per heavy atom. The van der Waals surface area contributed by atoms with Gasteiger partial charge in [0.05, 0.1) is 5.70 Å². The Hall–Kier alpha value is -2.25. The first-order chi connectivity index (χ1) is 14.0. The van der Waals surface area contributed by atoms with Crippen LogP contribution in [0.5, 0.6) is 0 Å². The molecule has 156 valence electrons. The molecule has 0 bridgehead atoms. The zero-order chi connectivity index (χ0) is 20.4. The smallest absolute Gasteiger partial charge is 0.208 e. The van der Waals surface area contributed by atoms with Crippen LogP contribution in [0.3, 0.4) is 0 Å². The van der Waals surface area contributed by atoms with Crippen LogP contribution < -0.4 is 5.32 Å². The molecule has 0 aliphatic carbocycles. The number of carbonyl (C=O) groups excluding carboxylic acids is 1. The average molecular weight is 402 g/mol. The zero-order valence-corrected chi connectivity index (χ0v) is 16.8. The first kappa shape index (κ1) is 20.0. The van der Waals surface area contributed by atoms with Gasteiger partial charge < -0.3 is 15.1 Å². The van der Waals surface area contributed by atoms with E-state index in [0.29, 0.717) is 30.6 Å². The minimum absolute atomic E-state index is 0.210. The first-order valence-corrected chi connectivity index (χ1v) is 10.3. The van der Waals surface area contributed by atoms with Gasteiger partial charge in [-0.1, -0.05) is 24.6 Å². The fourth-order valence-electron chi connectivity index (χ4n) is 4.53. The summed E-state index contributed by atoms with van der Waals surface area (Å²) in [7, 11) is 2.06. The van der Waals surface area contributed by atoms with E-state index in [1.165, 1.54) is 12.1 Å². The number of allylic oxidation sites excluding steroid dienone is 1. The van der Waals surface area contributed by atoms with Crippen molar-refractivity contribution in [1.82, 2.24) is 20.0 Å². The van der Waals surface area contributed by atoms with E-state index in [-0.39, 0.29) is 17.6 Å². The molecule has 3 aliphatic rings. The van der Waals surface area contributed by atoms with Gasteiger partial charge in [0.25, 0.3) is 0 Å². The van der Waals surface area contributed by atoms with E-state index in [0.717, 1.165) is 39.0 Å². The fourth-order valence-corrected chi connectivity index (χ4v) is 4.53. The maximum absolute atomic E-state index is 16.5. The SMILES string of the molecule is CN1CCN(C2=CC(F)(N3CCCCC3c3ccccc3F)C=C(C=O)N2)CC1. The molecule has 0 saturated carbocycles. The van der Waals surface area contributed by atoms with Gasteiger partial charge >= 0.3 is 0 Å². The molecule has 1 N–H and O–H groups in total. The van der Waals surface area contributed by atoms with Crippen LogP contribution in [0.1, 0.15) is 30.9 Å². The van der Waals surface area contributed by atoms with Gasteiger partial charge in [0.15, 0.2) is 6.29 Å². The highest BCUT2D eigenvalue weighted by Crippen LogP contribution is 2.41. The third-order valence-corrected chi connectivity index (χ3v) is 6.15. The number of halogens is 2. The van der Waals surface area contributed by atoms with Gasteiger partial charge in [-0.3, -0.25) is 9.69 Å². The van der Waals surface area contributed by atoms with Gasteiger partial charge in [-0.05, 0) is 32.0 Å². The van der Waals surface area contributed by atoms with Crippen molar-refractivity contribution in [3.8, 4) is 0 Å². The highest BCUT2D eigenvalue weighted by atomic mass is 19.1. The lowest BCUT2D eigenvalue weighted by molar-refractivity contribution is -0.105.